The minimum absolute atomic E-state index is 0.0415. The minimum Gasteiger partial charge on any atom is -0.353 e. The van der Waals surface area contributed by atoms with Crippen molar-refractivity contribution in [3.8, 4) is 0 Å². The maximum Gasteiger partial charge on any atom is 0.251 e. The fraction of sp³-hybridized carbons (Fsp3) is 0.545. The predicted molar refractivity (Wildman–Crippen MR) is 118 cm³/mol. The Morgan fingerprint density at radius 2 is 1.87 bits per heavy atom. The molecule has 2 aromatic rings. The molecule has 8 heteroatoms. The Hall–Kier alpha value is -2.35. The Labute approximate surface area is 182 Å². The Balaban J connectivity index is 1.57. The van der Waals surface area contributed by atoms with Crippen molar-refractivity contribution in [3.63, 3.8) is 0 Å². The molecule has 1 aliphatic carbocycles. The molecule has 1 saturated carbocycles. The number of thioether (sulfide) groups is 1. The summed E-state index contributed by atoms with van der Waals surface area (Å²) in [6.45, 7) is 6.56. The molecule has 2 N–H and O–H groups in total. The fourth-order valence-corrected chi connectivity index (χ4v) is 4.54. The molecule has 1 aromatic heterocycles. The van der Waals surface area contributed by atoms with E-state index >= 15 is 0 Å². The zero-order valence-electron chi connectivity index (χ0n) is 18.0. The third-order valence-corrected chi connectivity index (χ3v) is 6.38. The number of amides is 2. The van der Waals surface area contributed by atoms with Gasteiger partial charge >= 0.3 is 0 Å². The number of hydrogen-bond acceptors (Lipinski definition) is 5. The summed E-state index contributed by atoms with van der Waals surface area (Å²) in [5, 5.41) is 15.4. The molecule has 1 aromatic carbocycles. The quantitative estimate of drug-likeness (QED) is 0.626. The number of carbonyl (C=O) groups is 2. The molecule has 0 spiro atoms. The van der Waals surface area contributed by atoms with E-state index in [1.807, 2.05) is 49.6 Å². The minimum atomic E-state index is -0.295. The van der Waals surface area contributed by atoms with E-state index in [2.05, 4.69) is 20.8 Å². The average molecular weight is 430 g/mol. The molecule has 2 amide bonds. The number of nitrogens with one attached hydrogen (secondary N) is 2. The number of benzene rings is 1. The van der Waals surface area contributed by atoms with E-state index in [4.69, 9.17) is 0 Å². The van der Waals surface area contributed by atoms with Gasteiger partial charge in [0.2, 0.25) is 5.91 Å². The summed E-state index contributed by atoms with van der Waals surface area (Å²) in [5.41, 5.74) is 1.73. The predicted octanol–water partition coefficient (Wildman–Crippen LogP) is 3.64. The molecule has 1 aliphatic rings. The summed E-state index contributed by atoms with van der Waals surface area (Å²) in [7, 11) is 0. The molecule has 0 aliphatic heterocycles. The van der Waals surface area contributed by atoms with Crippen LogP contribution in [0.15, 0.2) is 29.4 Å². The highest BCUT2D eigenvalue weighted by atomic mass is 32.2. The third-order valence-electron chi connectivity index (χ3n) is 5.41. The normalized spacial score (nSPS) is 15.6. The van der Waals surface area contributed by atoms with Gasteiger partial charge in [0.1, 0.15) is 0 Å². The van der Waals surface area contributed by atoms with E-state index in [0.29, 0.717) is 34.9 Å². The monoisotopic (exact) mass is 429 g/mol. The van der Waals surface area contributed by atoms with E-state index in [1.165, 1.54) is 31.0 Å². The van der Waals surface area contributed by atoms with Crippen LogP contribution in [0.25, 0.3) is 0 Å². The van der Waals surface area contributed by atoms with Crippen LogP contribution in [-0.4, -0.2) is 38.4 Å². The molecular weight excluding hydrogens is 398 g/mol. The summed E-state index contributed by atoms with van der Waals surface area (Å²) in [6, 6.07) is 7.48. The molecule has 0 unspecified atom stereocenters. The SMILES string of the molecule is CCn1c(SCC(=O)NC2CCCCC2)nnc1[C@@H](C)NC(=O)c1ccc(C)cc1. The number of aryl methyl sites for hydroxylation is 1. The molecule has 0 bridgehead atoms. The van der Waals surface area contributed by atoms with Gasteiger partial charge in [0.25, 0.3) is 5.91 Å². The largest absolute Gasteiger partial charge is 0.353 e. The maximum absolute atomic E-state index is 12.5. The lowest BCUT2D eigenvalue weighted by atomic mass is 9.95. The van der Waals surface area contributed by atoms with Gasteiger partial charge in [-0.05, 0) is 45.7 Å². The molecule has 7 nitrogen and oxygen atoms in total. The Morgan fingerprint density at radius 3 is 2.53 bits per heavy atom. The lowest BCUT2D eigenvalue weighted by Crippen LogP contribution is -2.37. The van der Waals surface area contributed by atoms with E-state index < -0.39 is 0 Å². The van der Waals surface area contributed by atoms with Gasteiger partial charge in [0, 0.05) is 18.2 Å². The van der Waals surface area contributed by atoms with Crippen molar-refractivity contribution in [1.29, 1.82) is 0 Å². The van der Waals surface area contributed by atoms with Crippen LogP contribution in [0.2, 0.25) is 0 Å². The van der Waals surface area contributed by atoms with Gasteiger partial charge in [-0.3, -0.25) is 9.59 Å². The van der Waals surface area contributed by atoms with Crippen molar-refractivity contribution in [2.45, 2.75) is 76.7 Å². The van der Waals surface area contributed by atoms with Crippen molar-refractivity contribution in [2.24, 2.45) is 0 Å². The van der Waals surface area contributed by atoms with Crippen LogP contribution in [0.5, 0.6) is 0 Å². The summed E-state index contributed by atoms with van der Waals surface area (Å²) < 4.78 is 1.96. The highest BCUT2D eigenvalue weighted by Crippen LogP contribution is 2.22. The van der Waals surface area contributed by atoms with Crippen molar-refractivity contribution >= 4 is 23.6 Å². The Kier molecular flexibility index (Phi) is 7.90. The molecule has 1 heterocycles. The first-order chi connectivity index (χ1) is 14.5. The zero-order chi connectivity index (χ0) is 21.5. The number of hydrogen-bond donors (Lipinski definition) is 2. The molecule has 1 fully saturated rings. The lowest BCUT2D eigenvalue weighted by Gasteiger charge is -2.22. The Bertz CT molecular complexity index is 859. The van der Waals surface area contributed by atoms with E-state index in [0.717, 1.165) is 18.4 Å². The van der Waals surface area contributed by atoms with E-state index in [-0.39, 0.29) is 17.9 Å². The second-order valence-corrected chi connectivity index (χ2v) is 8.78. The summed E-state index contributed by atoms with van der Waals surface area (Å²) in [4.78, 5) is 24.8. The van der Waals surface area contributed by atoms with Crippen LogP contribution in [-0.2, 0) is 11.3 Å². The second kappa shape index (κ2) is 10.6. The first-order valence-corrected chi connectivity index (χ1v) is 11.7. The first-order valence-electron chi connectivity index (χ1n) is 10.7. The van der Waals surface area contributed by atoms with Crippen LogP contribution >= 0.6 is 11.8 Å². The first kappa shape index (κ1) is 22.3. The standard InChI is InChI=1S/C22H31N5O2S/c1-4-27-20(16(3)23-21(29)17-12-10-15(2)11-13-17)25-26-22(27)30-14-19(28)24-18-8-6-5-7-9-18/h10-13,16,18H,4-9,14H2,1-3H3,(H,23,29)(H,24,28)/t16-/m1/s1. The van der Waals surface area contributed by atoms with Gasteiger partial charge in [-0.25, -0.2) is 0 Å². The Morgan fingerprint density at radius 1 is 1.17 bits per heavy atom. The highest BCUT2D eigenvalue weighted by molar-refractivity contribution is 7.99. The van der Waals surface area contributed by atoms with Crippen molar-refractivity contribution in [2.75, 3.05) is 5.75 Å². The molecular formula is C22H31N5O2S. The number of carbonyl (C=O) groups excluding carboxylic acids is 2. The summed E-state index contributed by atoms with van der Waals surface area (Å²) >= 11 is 1.39. The number of rotatable bonds is 8. The van der Waals surface area contributed by atoms with Gasteiger partial charge in [0.05, 0.1) is 11.8 Å². The topological polar surface area (TPSA) is 88.9 Å². The fourth-order valence-electron chi connectivity index (χ4n) is 3.72. The van der Waals surface area contributed by atoms with Crippen LogP contribution in [0.3, 0.4) is 0 Å². The summed E-state index contributed by atoms with van der Waals surface area (Å²) in [5.74, 6) is 0.904. The smallest absolute Gasteiger partial charge is 0.251 e. The molecule has 3 rings (SSSR count). The summed E-state index contributed by atoms with van der Waals surface area (Å²) in [6.07, 6.45) is 5.80. The number of aromatic nitrogens is 3. The highest BCUT2D eigenvalue weighted by Gasteiger charge is 2.21. The van der Waals surface area contributed by atoms with Crippen LogP contribution in [0.4, 0.5) is 0 Å². The van der Waals surface area contributed by atoms with Gasteiger partial charge in [-0.15, -0.1) is 10.2 Å². The molecule has 0 saturated heterocycles. The van der Waals surface area contributed by atoms with E-state index in [1.54, 1.807) is 0 Å². The average Bonchev–Trinajstić information content (AvgIpc) is 3.16. The van der Waals surface area contributed by atoms with Crippen LogP contribution < -0.4 is 10.6 Å². The second-order valence-electron chi connectivity index (χ2n) is 7.84. The molecule has 1 atom stereocenters. The van der Waals surface area contributed by atoms with E-state index in [9.17, 15) is 9.59 Å². The van der Waals surface area contributed by atoms with Gasteiger partial charge in [0.15, 0.2) is 11.0 Å². The van der Waals surface area contributed by atoms with Gasteiger partial charge in [-0.1, -0.05) is 48.7 Å². The van der Waals surface area contributed by atoms with Crippen molar-refractivity contribution in [3.05, 3.63) is 41.2 Å². The maximum atomic E-state index is 12.5. The van der Waals surface area contributed by atoms with Gasteiger partial charge in [-0.2, -0.15) is 0 Å². The zero-order valence-corrected chi connectivity index (χ0v) is 18.8. The van der Waals surface area contributed by atoms with Crippen molar-refractivity contribution in [1.82, 2.24) is 25.4 Å². The van der Waals surface area contributed by atoms with Gasteiger partial charge < -0.3 is 15.2 Å². The lowest BCUT2D eigenvalue weighted by molar-refractivity contribution is -0.119. The molecule has 0 radical (unpaired) electrons. The molecule has 30 heavy (non-hydrogen) atoms. The van der Waals surface area contributed by atoms with Crippen molar-refractivity contribution < 1.29 is 9.59 Å². The van der Waals surface area contributed by atoms with Crippen LogP contribution in [0.1, 0.15) is 73.7 Å². The number of nitrogens with zero attached hydrogens (tertiary/aromatic N) is 3. The third kappa shape index (κ3) is 5.84. The van der Waals surface area contributed by atoms with Crippen LogP contribution in [0, 0.1) is 6.92 Å². The molecule has 162 valence electrons.